The highest BCUT2D eigenvalue weighted by Gasteiger charge is 2.13. The number of nitro benzene ring substituents is 1. The van der Waals surface area contributed by atoms with E-state index in [1.54, 1.807) is 0 Å². The second-order valence-electron chi connectivity index (χ2n) is 2.84. The lowest BCUT2D eigenvalue weighted by molar-refractivity contribution is -0.384. The first-order valence-corrected chi connectivity index (χ1v) is 4.59. The standard InChI is InChI=1S/C10H7ClN2O3/c1-2-3-12-10(14)7-4-8(11)6-9(5-7)13(15)16/h1,4-6H,3H2,(H,12,14). The van der Waals surface area contributed by atoms with E-state index in [1.165, 1.54) is 12.1 Å². The third kappa shape index (κ3) is 2.97. The molecular weight excluding hydrogens is 232 g/mol. The molecule has 6 heteroatoms. The molecule has 0 bridgehead atoms. The van der Waals surface area contributed by atoms with Crippen LogP contribution in [0.5, 0.6) is 0 Å². The molecule has 0 heterocycles. The lowest BCUT2D eigenvalue weighted by Gasteiger charge is -2.02. The van der Waals surface area contributed by atoms with Crippen LogP contribution in [0.25, 0.3) is 0 Å². The summed E-state index contributed by atoms with van der Waals surface area (Å²) in [5, 5.41) is 13.0. The summed E-state index contributed by atoms with van der Waals surface area (Å²) in [6, 6.07) is 3.64. The van der Waals surface area contributed by atoms with Crippen LogP contribution in [0.15, 0.2) is 18.2 Å². The number of halogens is 1. The van der Waals surface area contributed by atoms with Crippen molar-refractivity contribution in [2.24, 2.45) is 0 Å². The van der Waals surface area contributed by atoms with Gasteiger partial charge in [-0.05, 0) is 6.07 Å². The van der Waals surface area contributed by atoms with E-state index < -0.39 is 10.8 Å². The maximum Gasteiger partial charge on any atom is 0.271 e. The van der Waals surface area contributed by atoms with Gasteiger partial charge in [0.15, 0.2) is 0 Å². The Morgan fingerprint density at radius 3 is 2.81 bits per heavy atom. The van der Waals surface area contributed by atoms with Gasteiger partial charge in [-0.25, -0.2) is 0 Å². The zero-order valence-corrected chi connectivity index (χ0v) is 8.82. The minimum Gasteiger partial charge on any atom is -0.341 e. The number of carbonyl (C=O) groups is 1. The monoisotopic (exact) mass is 238 g/mol. The summed E-state index contributed by atoms with van der Waals surface area (Å²) < 4.78 is 0. The van der Waals surface area contributed by atoms with Crippen LogP contribution in [-0.2, 0) is 0 Å². The van der Waals surface area contributed by atoms with Crippen molar-refractivity contribution in [2.75, 3.05) is 6.54 Å². The maximum atomic E-state index is 11.4. The Kier molecular flexibility index (Phi) is 3.86. The quantitative estimate of drug-likeness (QED) is 0.494. The molecule has 5 nitrogen and oxygen atoms in total. The average molecular weight is 239 g/mol. The van der Waals surface area contributed by atoms with E-state index in [9.17, 15) is 14.9 Å². The van der Waals surface area contributed by atoms with Crippen molar-refractivity contribution in [2.45, 2.75) is 0 Å². The first-order chi connectivity index (χ1) is 7.54. The summed E-state index contributed by atoms with van der Waals surface area (Å²) in [6.45, 7) is 0.0547. The zero-order valence-electron chi connectivity index (χ0n) is 8.07. The van der Waals surface area contributed by atoms with E-state index in [2.05, 4.69) is 11.2 Å². The fourth-order valence-electron chi connectivity index (χ4n) is 1.04. The summed E-state index contributed by atoms with van der Waals surface area (Å²) >= 11 is 5.65. The molecule has 1 rings (SSSR count). The number of carbonyl (C=O) groups excluding carboxylic acids is 1. The summed E-state index contributed by atoms with van der Waals surface area (Å²) in [7, 11) is 0. The smallest absolute Gasteiger partial charge is 0.271 e. The third-order valence-corrected chi connectivity index (χ3v) is 1.92. The highest BCUT2D eigenvalue weighted by Crippen LogP contribution is 2.20. The fraction of sp³-hybridized carbons (Fsp3) is 0.100. The van der Waals surface area contributed by atoms with Crippen LogP contribution in [-0.4, -0.2) is 17.4 Å². The molecular formula is C10H7ClN2O3. The van der Waals surface area contributed by atoms with Gasteiger partial charge in [-0.2, -0.15) is 0 Å². The number of nitrogens with one attached hydrogen (secondary N) is 1. The van der Waals surface area contributed by atoms with Crippen LogP contribution < -0.4 is 5.32 Å². The van der Waals surface area contributed by atoms with Crippen LogP contribution in [0, 0.1) is 22.5 Å². The third-order valence-electron chi connectivity index (χ3n) is 1.71. The minimum atomic E-state index is -0.621. The first-order valence-electron chi connectivity index (χ1n) is 4.21. The van der Waals surface area contributed by atoms with Crippen LogP contribution >= 0.6 is 11.6 Å². The van der Waals surface area contributed by atoms with Crippen molar-refractivity contribution >= 4 is 23.2 Å². The van der Waals surface area contributed by atoms with Gasteiger partial charge < -0.3 is 5.32 Å². The summed E-state index contributed by atoms with van der Waals surface area (Å²) in [5.41, 5.74) is -0.132. The number of nitro groups is 1. The molecule has 82 valence electrons. The molecule has 1 aromatic carbocycles. The summed E-state index contributed by atoms with van der Waals surface area (Å²) in [4.78, 5) is 21.3. The van der Waals surface area contributed by atoms with Crippen molar-refractivity contribution in [1.82, 2.24) is 5.32 Å². The predicted molar refractivity (Wildman–Crippen MR) is 59.3 cm³/mol. The Morgan fingerprint density at radius 1 is 1.56 bits per heavy atom. The van der Waals surface area contributed by atoms with Crippen LogP contribution in [0.4, 0.5) is 5.69 Å². The molecule has 0 radical (unpaired) electrons. The first kappa shape index (κ1) is 12.0. The predicted octanol–water partition coefficient (Wildman–Crippen LogP) is 1.61. The second kappa shape index (κ2) is 5.14. The molecule has 0 aliphatic carbocycles. The van der Waals surface area contributed by atoms with E-state index in [0.29, 0.717) is 0 Å². The molecule has 0 unspecified atom stereocenters. The molecule has 1 aromatic rings. The number of hydrogen-bond donors (Lipinski definition) is 1. The lowest BCUT2D eigenvalue weighted by atomic mass is 10.2. The van der Waals surface area contributed by atoms with E-state index in [1.807, 2.05) is 0 Å². The molecule has 0 fully saturated rings. The normalized spacial score (nSPS) is 9.25. The highest BCUT2D eigenvalue weighted by molar-refractivity contribution is 6.31. The summed E-state index contributed by atoms with van der Waals surface area (Å²) in [6.07, 6.45) is 4.96. The Bertz CT molecular complexity index is 479. The van der Waals surface area contributed by atoms with Crippen molar-refractivity contribution in [1.29, 1.82) is 0 Å². The van der Waals surface area contributed by atoms with Crippen LogP contribution in [0.2, 0.25) is 5.02 Å². The summed E-state index contributed by atoms with van der Waals surface area (Å²) in [5.74, 6) is 1.72. The Morgan fingerprint density at radius 2 is 2.25 bits per heavy atom. The second-order valence-corrected chi connectivity index (χ2v) is 3.28. The van der Waals surface area contributed by atoms with Gasteiger partial charge in [0.25, 0.3) is 11.6 Å². The molecule has 0 aromatic heterocycles. The molecule has 0 spiro atoms. The number of nitrogens with zero attached hydrogens (tertiary/aromatic N) is 1. The molecule has 0 atom stereocenters. The van der Waals surface area contributed by atoms with Crippen molar-refractivity contribution in [3.63, 3.8) is 0 Å². The Balaban J connectivity index is 3.01. The number of terminal acetylenes is 1. The highest BCUT2D eigenvalue weighted by atomic mass is 35.5. The van der Waals surface area contributed by atoms with Crippen molar-refractivity contribution in [3.8, 4) is 12.3 Å². The Hall–Kier alpha value is -2.06. The van der Waals surface area contributed by atoms with Gasteiger partial charge in [-0.1, -0.05) is 17.5 Å². The largest absolute Gasteiger partial charge is 0.341 e. The molecule has 1 N–H and O–H groups in total. The number of non-ortho nitro benzene ring substituents is 1. The van der Waals surface area contributed by atoms with Gasteiger partial charge in [0.1, 0.15) is 0 Å². The maximum absolute atomic E-state index is 11.4. The Labute approximate surface area is 96.6 Å². The molecule has 1 amide bonds. The van der Waals surface area contributed by atoms with E-state index in [4.69, 9.17) is 18.0 Å². The van der Waals surface area contributed by atoms with E-state index in [-0.39, 0.29) is 22.8 Å². The van der Waals surface area contributed by atoms with E-state index >= 15 is 0 Å². The molecule has 16 heavy (non-hydrogen) atoms. The fourth-order valence-corrected chi connectivity index (χ4v) is 1.27. The number of benzene rings is 1. The molecule has 0 saturated carbocycles. The molecule has 0 aliphatic rings. The van der Waals surface area contributed by atoms with Gasteiger partial charge in [0, 0.05) is 22.7 Å². The minimum absolute atomic E-state index is 0.0547. The van der Waals surface area contributed by atoms with Crippen molar-refractivity contribution in [3.05, 3.63) is 38.9 Å². The van der Waals surface area contributed by atoms with Gasteiger partial charge in [-0.3, -0.25) is 14.9 Å². The molecule has 0 aliphatic heterocycles. The number of rotatable bonds is 3. The van der Waals surface area contributed by atoms with Crippen LogP contribution in [0.3, 0.4) is 0 Å². The van der Waals surface area contributed by atoms with Gasteiger partial charge in [-0.15, -0.1) is 6.42 Å². The zero-order chi connectivity index (χ0) is 12.1. The topological polar surface area (TPSA) is 72.2 Å². The van der Waals surface area contributed by atoms with Gasteiger partial charge >= 0.3 is 0 Å². The molecule has 0 saturated heterocycles. The number of amides is 1. The van der Waals surface area contributed by atoms with Crippen molar-refractivity contribution < 1.29 is 9.72 Å². The number of hydrogen-bond acceptors (Lipinski definition) is 3. The van der Waals surface area contributed by atoms with Gasteiger partial charge in [0.05, 0.1) is 11.5 Å². The van der Waals surface area contributed by atoms with Gasteiger partial charge in [0.2, 0.25) is 0 Å². The SMILES string of the molecule is C#CCNC(=O)c1cc(Cl)cc([N+](=O)[O-])c1. The lowest BCUT2D eigenvalue weighted by Crippen LogP contribution is -2.23. The van der Waals surface area contributed by atoms with Crippen LogP contribution in [0.1, 0.15) is 10.4 Å². The van der Waals surface area contributed by atoms with E-state index in [0.717, 1.165) is 6.07 Å². The average Bonchev–Trinajstić information content (AvgIpc) is 2.24.